The van der Waals surface area contributed by atoms with Gasteiger partial charge in [-0.3, -0.25) is 4.79 Å². The fourth-order valence-electron chi connectivity index (χ4n) is 3.44. The molecule has 0 spiro atoms. The highest BCUT2D eigenvalue weighted by Gasteiger charge is 2.17. The van der Waals surface area contributed by atoms with Gasteiger partial charge in [0, 0.05) is 25.1 Å². The van der Waals surface area contributed by atoms with Crippen molar-refractivity contribution >= 4 is 37.3 Å². The van der Waals surface area contributed by atoms with Gasteiger partial charge in [0.25, 0.3) is 0 Å². The lowest BCUT2D eigenvalue weighted by Crippen LogP contribution is -2.17. The van der Waals surface area contributed by atoms with Crippen molar-refractivity contribution in [3.05, 3.63) is 46.8 Å². The van der Waals surface area contributed by atoms with E-state index in [-0.39, 0.29) is 29.4 Å². The van der Waals surface area contributed by atoms with Crippen LogP contribution in [0.1, 0.15) is 25.3 Å². The molecule has 0 aliphatic carbocycles. The van der Waals surface area contributed by atoms with Gasteiger partial charge >= 0.3 is 0 Å². The summed E-state index contributed by atoms with van der Waals surface area (Å²) < 4.78 is 39.1. The van der Waals surface area contributed by atoms with E-state index in [0.29, 0.717) is 36.1 Å². The maximum Gasteiger partial charge on any atom is 0.248 e. The van der Waals surface area contributed by atoms with Crippen molar-refractivity contribution < 1.29 is 22.7 Å². The molecule has 164 valence electrons. The van der Waals surface area contributed by atoms with Crippen LogP contribution in [0, 0.1) is 6.92 Å². The fourth-order valence-corrected chi connectivity index (χ4v) is 5.87. The number of benzene rings is 2. The van der Waals surface area contributed by atoms with Crippen LogP contribution in [0.4, 0.5) is 0 Å². The van der Waals surface area contributed by atoms with Crippen LogP contribution in [0.2, 0.25) is 0 Å². The minimum Gasteiger partial charge on any atom is -0.486 e. The lowest BCUT2D eigenvalue weighted by atomic mass is 10.2. The second-order valence-electron chi connectivity index (χ2n) is 7.33. The number of aryl methyl sites for hydroxylation is 2. The number of thiazole rings is 1. The summed E-state index contributed by atoms with van der Waals surface area (Å²) in [6.45, 7) is 5.56. The number of rotatable bonds is 6. The Balaban J connectivity index is 1.50. The van der Waals surface area contributed by atoms with Crippen LogP contribution in [-0.2, 0) is 21.2 Å². The maximum atomic E-state index is 12.5. The molecule has 0 fully saturated rings. The van der Waals surface area contributed by atoms with Gasteiger partial charge in [-0.15, -0.1) is 0 Å². The van der Waals surface area contributed by atoms with Crippen LogP contribution in [-0.4, -0.2) is 37.9 Å². The van der Waals surface area contributed by atoms with Crippen LogP contribution >= 0.6 is 11.3 Å². The van der Waals surface area contributed by atoms with Gasteiger partial charge in [-0.25, -0.2) is 8.42 Å². The van der Waals surface area contributed by atoms with Crippen molar-refractivity contribution in [1.29, 1.82) is 0 Å². The molecule has 7 nitrogen and oxygen atoms in total. The van der Waals surface area contributed by atoms with E-state index in [1.54, 1.807) is 24.3 Å². The second-order valence-corrected chi connectivity index (χ2v) is 10.5. The third kappa shape index (κ3) is 4.67. The third-order valence-electron chi connectivity index (χ3n) is 5.07. The average molecular weight is 461 g/mol. The smallest absolute Gasteiger partial charge is 0.248 e. The summed E-state index contributed by atoms with van der Waals surface area (Å²) in [4.78, 5) is 17.6. The summed E-state index contributed by atoms with van der Waals surface area (Å²) in [5.41, 5.74) is 1.93. The Bertz CT molecular complexity index is 1290. The molecule has 0 N–H and O–H groups in total. The van der Waals surface area contributed by atoms with Crippen LogP contribution in [0.5, 0.6) is 11.5 Å². The molecule has 1 aliphatic rings. The zero-order valence-electron chi connectivity index (χ0n) is 17.5. The molecule has 2 heterocycles. The van der Waals surface area contributed by atoms with E-state index in [1.807, 2.05) is 30.5 Å². The Morgan fingerprint density at radius 2 is 1.81 bits per heavy atom. The highest BCUT2D eigenvalue weighted by atomic mass is 32.2. The van der Waals surface area contributed by atoms with Crippen molar-refractivity contribution in [1.82, 2.24) is 4.57 Å². The van der Waals surface area contributed by atoms with Gasteiger partial charge < -0.3 is 14.0 Å². The normalized spacial score (nSPS) is 14.2. The third-order valence-corrected chi connectivity index (χ3v) is 7.92. The predicted octanol–water partition coefficient (Wildman–Crippen LogP) is 3.48. The second kappa shape index (κ2) is 8.84. The van der Waals surface area contributed by atoms with Crippen molar-refractivity contribution in [2.45, 2.75) is 38.1 Å². The number of aromatic nitrogens is 1. The maximum absolute atomic E-state index is 12.5. The highest BCUT2D eigenvalue weighted by Crippen LogP contribution is 2.35. The minimum atomic E-state index is -3.41. The number of carbonyl (C=O) groups excluding carboxylic acids is 1. The van der Waals surface area contributed by atoms with E-state index in [9.17, 15) is 13.2 Å². The first-order chi connectivity index (χ1) is 14.9. The number of ether oxygens (including phenoxy) is 2. The zero-order chi connectivity index (χ0) is 22.0. The summed E-state index contributed by atoms with van der Waals surface area (Å²) in [6.07, 6.45) is 0.303. The lowest BCUT2D eigenvalue weighted by Gasteiger charge is -2.18. The largest absolute Gasteiger partial charge is 0.486 e. The van der Waals surface area contributed by atoms with Crippen molar-refractivity contribution in [3.8, 4) is 11.5 Å². The average Bonchev–Trinajstić information content (AvgIpc) is 3.07. The van der Waals surface area contributed by atoms with Crippen molar-refractivity contribution in [2.24, 2.45) is 4.99 Å². The van der Waals surface area contributed by atoms with E-state index in [2.05, 4.69) is 4.99 Å². The molecule has 31 heavy (non-hydrogen) atoms. The molecule has 1 amide bonds. The molecule has 3 aromatic rings. The standard InChI is InChI=1S/C22H24N2O5S2/c1-3-24-17-13-18-19(29-11-10-28-18)14-20(17)30-22(24)23-21(25)5-4-12-31(26,27)16-8-6-15(2)7-9-16/h6-9,13-14H,3-5,10-12H2,1-2H3. The Kier molecular flexibility index (Phi) is 6.15. The van der Waals surface area contributed by atoms with Crippen LogP contribution in [0.3, 0.4) is 0 Å². The SMILES string of the molecule is CCn1c(=NC(=O)CCCS(=O)(=O)c2ccc(C)cc2)sc2cc3c(cc21)OCCO3. The molecule has 0 radical (unpaired) electrons. The molecule has 0 saturated carbocycles. The molecule has 0 atom stereocenters. The summed E-state index contributed by atoms with van der Waals surface area (Å²) in [6, 6.07) is 10.6. The van der Waals surface area contributed by atoms with Gasteiger partial charge in [-0.1, -0.05) is 29.0 Å². The fraction of sp³-hybridized carbons (Fsp3) is 0.364. The molecule has 1 aliphatic heterocycles. The quantitative estimate of drug-likeness (QED) is 0.562. The van der Waals surface area contributed by atoms with Crippen molar-refractivity contribution in [2.75, 3.05) is 19.0 Å². The van der Waals surface area contributed by atoms with Crippen LogP contribution < -0.4 is 14.3 Å². The number of hydrogen-bond acceptors (Lipinski definition) is 6. The first-order valence-corrected chi connectivity index (χ1v) is 12.6. The molecule has 0 unspecified atom stereocenters. The molecule has 4 rings (SSSR count). The van der Waals surface area contributed by atoms with Gasteiger partial charge in [0.2, 0.25) is 5.91 Å². The first-order valence-electron chi connectivity index (χ1n) is 10.2. The van der Waals surface area contributed by atoms with Gasteiger partial charge in [-0.05, 0) is 32.4 Å². The molecular weight excluding hydrogens is 436 g/mol. The van der Waals surface area contributed by atoms with Crippen LogP contribution in [0.25, 0.3) is 10.2 Å². The van der Waals surface area contributed by atoms with Gasteiger partial charge in [-0.2, -0.15) is 4.99 Å². The number of hydrogen-bond donors (Lipinski definition) is 0. The first kappa shape index (κ1) is 21.6. The summed E-state index contributed by atoms with van der Waals surface area (Å²) in [5, 5.41) is 0. The lowest BCUT2D eigenvalue weighted by molar-refractivity contribution is -0.118. The molecular formula is C22H24N2O5S2. The minimum absolute atomic E-state index is 0.0752. The van der Waals surface area contributed by atoms with Gasteiger partial charge in [0.1, 0.15) is 13.2 Å². The number of sulfone groups is 1. The van der Waals surface area contributed by atoms with Crippen LogP contribution in [0.15, 0.2) is 46.3 Å². The van der Waals surface area contributed by atoms with Gasteiger partial charge in [0.15, 0.2) is 26.1 Å². The van der Waals surface area contributed by atoms with E-state index >= 15 is 0 Å². The van der Waals surface area contributed by atoms with E-state index in [4.69, 9.17) is 9.47 Å². The Morgan fingerprint density at radius 3 is 2.48 bits per heavy atom. The zero-order valence-corrected chi connectivity index (χ0v) is 19.1. The van der Waals surface area contributed by atoms with Gasteiger partial charge in [0.05, 0.1) is 20.9 Å². The van der Waals surface area contributed by atoms with Crippen molar-refractivity contribution in [3.63, 3.8) is 0 Å². The predicted molar refractivity (Wildman–Crippen MR) is 120 cm³/mol. The summed E-state index contributed by atoms with van der Waals surface area (Å²) >= 11 is 1.41. The Hall–Kier alpha value is -2.65. The summed E-state index contributed by atoms with van der Waals surface area (Å²) in [7, 11) is -3.41. The number of amides is 1. The van der Waals surface area contributed by atoms with E-state index in [1.165, 1.54) is 11.3 Å². The van der Waals surface area contributed by atoms with E-state index < -0.39 is 9.84 Å². The molecule has 0 bridgehead atoms. The number of carbonyl (C=O) groups is 1. The Labute approximate surface area is 184 Å². The Morgan fingerprint density at radius 1 is 1.13 bits per heavy atom. The highest BCUT2D eigenvalue weighted by molar-refractivity contribution is 7.91. The number of fused-ring (bicyclic) bond motifs is 2. The molecule has 9 heteroatoms. The topological polar surface area (TPSA) is 87.0 Å². The van der Waals surface area contributed by atoms with E-state index in [0.717, 1.165) is 15.8 Å². The number of nitrogens with zero attached hydrogens (tertiary/aromatic N) is 2. The molecule has 2 aromatic carbocycles. The molecule has 1 aromatic heterocycles. The summed E-state index contributed by atoms with van der Waals surface area (Å²) in [5.74, 6) is 0.976. The monoisotopic (exact) mass is 460 g/mol. The molecule has 0 saturated heterocycles.